The maximum atomic E-state index is 14.1. The first-order valence-corrected chi connectivity index (χ1v) is 22.1. The number of nitrogens with zero attached hydrogens (tertiary/aromatic N) is 9. The van der Waals surface area contributed by atoms with Gasteiger partial charge in [-0.15, -0.1) is 0 Å². The van der Waals surface area contributed by atoms with Crippen molar-refractivity contribution in [2.24, 2.45) is 0 Å². The van der Waals surface area contributed by atoms with Crippen LogP contribution < -0.4 is 34.1 Å². The molecule has 6 aliphatic rings. The number of piperidine rings is 2. The van der Waals surface area contributed by atoms with Crippen LogP contribution in [0.4, 0.5) is 20.4 Å². The van der Waals surface area contributed by atoms with Crippen LogP contribution in [-0.4, -0.2) is 118 Å². The topological polar surface area (TPSA) is 137 Å². The molecule has 65 heavy (non-hydrogen) atoms. The van der Waals surface area contributed by atoms with Gasteiger partial charge >= 0.3 is 0 Å². The average molecular weight is 891 g/mol. The molecule has 6 aromatic rings. The highest BCUT2D eigenvalue weighted by Gasteiger charge is 2.45. The molecule has 0 aliphatic carbocycles. The van der Waals surface area contributed by atoms with Gasteiger partial charge in [0, 0.05) is 99.4 Å². The molecule has 15 nitrogen and oxygen atoms in total. The van der Waals surface area contributed by atoms with E-state index in [1.165, 1.54) is 30.2 Å². The third-order valence-electron chi connectivity index (χ3n) is 11.9. The average Bonchev–Trinajstić information content (AvgIpc) is 4.01. The minimum absolute atomic E-state index is 0.0666. The molecular weight excluding hydrogens is 835 g/mol. The summed E-state index contributed by atoms with van der Waals surface area (Å²) in [6.07, 6.45) is 10.1. The Balaban J connectivity index is 0.000000149. The lowest BCUT2D eigenvalue weighted by molar-refractivity contribution is -0.00888. The highest BCUT2D eigenvalue weighted by atomic mass is 19.1. The fourth-order valence-electron chi connectivity index (χ4n) is 8.64. The zero-order valence-electron chi connectivity index (χ0n) is 37.2. The largest absolute Gasteiger partial charge is 0.497 e. The summed E-state index contributed by atoms with van der Waals surface area (Å²) in [5.41, 5.74) is 3.51. The second kappa shape index (κ2) is 20.9. The zero-order chi connectivity index (χ0) is 45.3. The van der Waals surface area contributed by atoms with Crippen LogP contribution in [0.15, 0.2) is 97.6 Å². The molecular formula is C48H56F2N10O5. The molecule has 4 aromatic heterocycles. The van der Waals surface area contributed by atoms with Crippen molar-refractivity contribution in [3.63, 3.8) is 0 Å². The number of aldehydes is 1. The second-order valence-electron chi connectivity index (χ2n) is 16.4. The predicted octanol–water partition coefficient (Wildman–Crippen LogP) is 6.26. The third kappa shape index (κ3) is 11.2. The van der Waals surface area contributed by atoms with Gasteiger partial charge in [-0.1, -0.05) is 24.3 Å². The number of nitrogens with one attached hydrogen (secondary N) is 1. The van der Waals surface area contributed by atoms with Gasteiger partial charge in [0.25, 0.3) is 0 Å². The smallest absolute Gasteiger partial charge is 0.250 e. The summed E-state index contributed by atoms with van der Waals surface area (Å²) >= 11 is 0. The van der Waals surface area contributed by atoms with Crippen LogP contribution in [0.3, 0.4) is 0 Å². The summed E-state index contributed by atoms with van der Waals surface area (Å²) in [7, 11) is 3.36. The fourth-order valence-corrected chi connectivity index (χ4v) is 8.64. The lowest BCUT2D eigenvalue weighted by Crippen LogP contribution is -2.68. The highest BCUT2D eigenvalue weighted by molar-refractivity contribution is 5.74. The van der Waals surface area contributed by atoms with Gasteiger partial charge in [-0.2, -0.15) is 10.2 Å². The summed E-state index contributed by atoms with van der Waals surface area (Å²) in [6, 6.07) is 25.3. The van der Waals surface area contributed by atoms with Crippen molar-refractivity contribution in [3.8, 4) is 23.3 Å². The van der Waals surface area contributed by atoms with Crippen LogP contribution >= 0.6 is 0 Å². The first-order valence-electron chi connectivity index (χ1n) is 22.1. The number of hydrogen-bond donors (Lipinski definition) is 1. The Kier molecular flexibility index (Phi) is 14.5. The molecule has 12 rings (SSSR count). The van der Waals surface area contributed by atoms with Gasteiger partial charge in [-0.25, -0.2) is 18.7 Å². The van der Waals surface area contributed by atoms with E-state index in [1.54, 1.807) is 33.4 Å². The van der Waals surface area contributed by atoms with Crippen molar-refractivity contribution in [2.75, 3.05) is 63.4 Å². The molecule has 0 radical (unpaired) electrons. The van der Waals surface area contributed by atoms with Crippen LogP contribution in [0.5, 0.6) is 23.3 Å². The number of halogens is 2. The lowest BCUT2D eigenvalue weighted by Gasteiger charge is -2.56. The zero-order valence-corrected chi connectivity index (χ0v) is 37.2. The number of piperazine rings is 2. The molecule has 6 aliphatic heterocycles. The van der Waals surface area contributed by atoms with E-state index in [0.29, 0.717) is 50.2 Å². The number of aromatic nitrogens is 6. The number of benzene rings is 2. The SMILES string of the molecule is CCOc1ncc(C=O)cc1F.CCOc1ncc(CN2C3CC2CN(c2ccn(Cc4ccc(OC)cc4)n2)C3)cc1F.COc1ccc(Cn2ccc(N3CC4CC(C3)N4)n2)cc1. The molecule has 4 atom stereocenters. The second-order valence-corrected chi connectivity index (χ2v) is 16.4. The maximum Gasteiger partial charge on any atom is 0.250 e. The van der Waals surface area contributed by atoms with E-state index in [0.717, 1.165) is 74.0 Å². The standard InChI is InChI=1S/C24H28FN5O2.C16H20N4O.C8H8FNO2/c1-3-32-24-22(25)10-18(12-26-24)14-30-19-11-20(30)16-28(15-19)23-8-9-29(27-23)13-17-4-6-21(31-2)7-5-17;1-21-15-4-2-12(3-5-15)9-20-7-6-16(18-20)19-10-13-8-14(11-19)17-13;1-2-12-8-7(9)3-6(5-11)4-10-8/h4-10,12,19-20H,3,11,13-16H2,1-2H3;2-7,13-14,17H,8-11H2,1H3;3-5H,2H2,1H3. The van der Waals surface area contributed by atoms with Crippen molar-refractivity contribution in [2.45, 2.75) is 70.5 Å². The molecule has 0 saturated carbocycles. The molecule has 1 N–H and O–H groups in total. The molecule has 4 unspecified atom stereocenters. The highest BCUT2D eigenvalue weighted by Crippen LogP contribution is 2.36. The Labute approximate surface area is 377 Å². The van der Waals surface area contributed by atoms with E-state index < -0.39 is 5.82 Å². The summed E-state index contributed by atoms with van der Waals surface area (Å²) in [6.45, 7) is 10.6. The monoisotopic (exact) mass is 890 g/mol. The number of pyridine rings is 2. The van der Waals surface area contributed by atoms with Crippen LogP contribution in [-0.2, 0) is 19.6 Å². The molecule has 4 bridgehead atoms. The Hall–Kier alpha value is -6.59. The number of anilines is 2. The molecule has 10 heterocycles. The Morgan fingerprint density at radius 2 is 1.14 bits per heavy atom. The van der Waals surface area contributed by atoms with Gasteiger partial charge in [0.1, 0.15) is 11.5 Å². The Morgan fingerprint density at radius 3 is 1.60 bits per heavy atom. The predicted molar refractivity (Wildman–Crippen MR) is 242 cm³/mol. The number of carbonyl (C=O) groups excluding carboxylic acids is 1. The van der Waals surface area contributed by atoms with Gasteiger partial charge in [-0.05, 0) is 79.8 Å². The Morgan fingerprint density at radius 1 is 0.646 bits per heavy atom. The minimum Gasteiger partial charge on any atom is -0.497 e. The van der Waals surface area contributed by atoms with E-state index in [9.17, 15) is 13.6 Å². The molecule has 17 heteroatoms. The van der Waals surface area contributed by atoms with Gasteiger partial charge in [-0.3, -0.25) is 19.1 Å². The van der Waals surface area contributed by atoms with Crippen molar-refractivity contribution in [1.29, 1.82) is 0 Å². The first-order chi connectivity index (χ1) is 31.7. The molecule has 6 saturated heterocycles. The van der Waals surface area contributed by atoms with Crippen molar-refractivity contribution >= 4 is 17.9 Å². The number of methoxy groups -OCH3 is 2. The van der Waals surface area contributed by atoms with E-state index >= 15 is 0 Å². The normalized spacial score (nSPS) is 19.4. The summed E-state index contributed by atoms with van der Waals surface area (Å²) in [5.74, 6) is 2.87. The van der Waals surface area contributed by atoms with Crippen molar-refractivity contribution < 1.29 is 32.5 Å². The molecule has 0 spiro atoms. The van der Waals surface area contributed by atoms with Gasteiger partial charge < -0.3 is 34.1 Å². The number of fused-ring (bicyclic) bond motifs is 4. The lowest BCUT2D eigenvalue weighted by atomic mass is 9.87. The number of carbonyl (C=O) groups is 1. The van der Waals surface area contributed by atoms with E-state index in [2.05, 4.69) is 72.6 Å². The molecule has 0 amide bonds. The Bertz CT molecular complexity index is 2460. The summed E-state index contributed by atoms with van der Waals surface area (Å²) in [4.78, 5) is 25.1. The molecule has 2 aromatic carbocycles. The summed E-state index contributed by atoms with van der Waals surface area (Å²) < 4.78 is 51.4. The number of ether oxygens (including phenoxy) is 4. The van der Waals surface area contributed by atoms with Crippen LogP contribution in [0, 0.1) is 11.6 Å². The number of rotatable bonds is 15. The van der Waals surface area contributed by atoms with E-state index in [-0.39, 0.29) is 23.1 Å². The third-order valence-corrected chi connectivity index (χ3v) is 11.9. The fraction of sp³-hybridized carbons (Fsp3) is 0.396. The van der Waals surface area contributed by atoms with Crippen LogP contribution in [0.25, 0.3) is 0 Å². The first kappa shape index (κ1) is 45.0. The number of hydrogen-bond acceptors (Lipinski definition) is 13. The maximum absolute atomic E-state index is 14.1. The summed E-state index contributed by atoms with van der Waals surface area (Å²) in [5, 5.41) is 13.1. The van der Waals surface area contributed by atoms with Gasteiger partial charge in [0.15, 0.2) is 29.6 Å². The van der Waals surface area contributed by atoms with Crippen LogP contribution in [0.1, 0.15) is 53.7 Å². The van der Waals surface area contributed by atoms with Crippen LogP contribution in [0.2, 0.25) is 0 Å². The quantitative estimate of drug-likeness (QED) is 0.116. The molecule has 6 fully saturated rings. The molecule has 342 valence electrons. The van der Waals surface area contributed by atoms with Crippen molar-refractivity contribution in [3.05, 3.63) is 131 Å². The van der Waals surface area contributed by atoms with Crippen molar-refractivity contribution in [1.82, 2.24) is 39.7 Å². The van der Waals surface area contributed by atoms with E-state index in [1.807, 2.05) is 46.7 Å². The van der Waals surface area contributed by atoms with Gasteiger partial charge in [0.05, 0.1) is 40.5 Å². The van der Waals surface area contributed by atoms with Gasteiger partial charge in [0.2, 0.25) is 11.8 Å². The van der Waals surface area contributed by atoms with E-state index in [4.69, 9.17) is 29.1 Å². The minimum atomic E-state index is -0.610.